The number of hydrogen-bond donors (Lipinski definition) is 1. The molecular weight excluding hydrogens is 256 g/mol. The number of hydrogen-bond acceptors (Lipinski definition) is 3. The Morgan fingerprint density at radius 1 is 1.50 bits per heavy atom. The Labute approximate surface area is 118 Å². The van der Waals surface area contributed by atoms with E-state index in [0.29, 0.717) is 18.4 Å². The molecule has 1 aliphatic heterocycles. The summed E-state index contributed by atoms with van der Waals surface area (Å²) < 4.78 is 7.09. The van der Waals surface area contributed by atoms with Crippen LogP contribution in [0.5, 0.6) is 0 Å². The zero-order valence-electron chi connectivity index (χ0n) is 12.0. The number of nitrogens with zero attached hydrogens (tertiary/aromatic N) is 1. The summed E-state index contributed by atoms with van der Waals surface area (Å²) in [7, 11) is 0. The fraction of sp³-hybridized carbons (Fsp3) is 0.600. The van der Waals surface area contributed by atoms with Crippen molar-refractivity contribution in [1.29, 1.82) is 0 Å². The third-order valence-corrected chi connectivity index (χ3v) is 3.69. The van der Waals surface area contributed by atoms with Crippen LogP contribution in [-0.4, -0.2) is 29.7 Å². The van der Waals surface area contributed by atoms with Crippen molar-refractivity contribution < 1.29 is 9.53 Å². The fourth-order valence-electron chi connectivity index (χ4n) is 2.66. The number of carbonyl (C=O) groups excluding carboxylic acids is 1. The van der Waals surface area contributed by atoms with Crippen molar-refractivity contribution >= 4 is 5.91 Å². The summed E-state index contributed by atoms with van der Waals surface area (Å²) in [5.74, 6) is 0.690. The Balaban J connectivity index is 1.84. The predicted molar refractivity (Wildman–Crippen MR) is 76.4 cm³/mol. The van der Waals surface area contributed by atoms with E-state index in [4.69, 9.17) is 4.74 Å². The molecule has 0 aliphatic carbocycles. The van der Waals surface area contributed by atoms with Gasteiger partial charge in [-0.05, 0) is 18.4 Å². The number of carbonyl (C=O) groups is 1. The maximum absolute atomic E-state index is 11.9. The lowest BCUT2D eigenvalue weighted by atomic mass is 9.93. The SMILES string of the molecule is CC(C)[C@H]1OCC[C@@H]1CNC(=O)Cn1ccccc1=O. The van der Waals surface area contributed by atoms with Gasteiger partial charge >= 0.3 is 0 Å². The molecule has 20 heavy (non-hydrogen) atoms. The van der Waals surface area contributed by atoms with Gasteiger partial charge in [0, 0.05) is 31.3 Å². The van der Waals surface area contributed by atoms with Gasteiger partial charge in [0.25, 0.3) is 5.56 Å². The van der Waals surface area contributed by atoms with Crippen molar-refractivity contribution in [2.45, 2.75) is 32.9 Å². The Bertz CT molecular complexity index is 510. The molecule has 2 heterocycles. The summed E-state index contributed by atoms with van der Waals surface area (Å²) in [6.07, 6.45) is 2.82. The van der Waals surface area contributed by atoms with Gasteiger partial charge < -0.3 is 14.6 Å². The monoisotopic (exact) mass is 278 g/mol. The summed E-state index contributed by atoms with van der Waals surface area (Å²) in [5.41, 5.74) is -0.160. The van der Waals surface area contributed by atoms with E-state index in [2.05, 4.69) is 19.2 Å². The molecule has 5 heteroatoms. The van der Waals surface area contributed by atoms with E-state index in [0.717, 1.165) is 13.0 Å². The number of amides is 1. The van der Waals surface area contributed by atoms with Gasteiger partial charge in [0.15, 0.2) is 0 Å². The molecule has 1 amide bonds. The number of nitrogens with one attached hydrogen (secondary N) is 1. The van der Waals surface area contributed by atoms with E-state index < -0.39 is 0 Å². The van der Waals surface area contributed by atoms with Crippen LogP contribution in [0, 0.1) is 11.8 Å². The van der Waals surface area contributed by atoms with E-state index in [-0.39, 0.29) is 24.1 Å². The molecule has 0 radical (unpaired) electrons. The molecule has 110 valence electrons. The molecule has 0 aromatic carbocycles. The highest BCUT2D eigenvalue weighted by Crippen LogP contribution is 2.25. The molecule has 0 saturated carbocycles. The Hall–Kier alpha value is -1.62. The van der Waals surface area contributed by atoms with Crippen molar-refractivity contribution in [2.75, 3.05) is 13.2 Å². The van der Waals surface area contributed by atoms with E-state index in [9.17, 15) is 9.59 Å². The average Bonchev–Trinajstić information content (AvgIpc) is 2.88. The predicted octanol–water partition coefficient (Wildman–Crippen LogP) is 1.03. The largest absolute Gasteiger partial charge is 0.378 e. The van der Waals surface area contributed by atoms with Gasteiger partial charge in [-0.3, -0.25) is 9.59 Å². The quantitative estimate of drug-likeness (QED) is 0.875. The number of ether oxygens (including phenoxy) is 1. The van der Waals surface area contributed by atoms with E-state index in [1.807, 2.05) is 0 Å². The Kier molecular flexibility index (Phi) is 4.95. The average molecular weight is 278 g/mol. The highest BCUT2D eigenvalue weighted by atomic mass is 16.5. The van der Waals surface area contributed by atoms with Gasteiger partial charge in [0.1, 0.15) is 6.54 Å². The molecule has 0 unspecified atom stereocenters. The normalized spacial score (nSPS) is 22.1. The smallest absolute Gasteiger partial charge is 0.250 e. The number of rotatable bonds is 5. The number of pyridine rings is 1. The van der Waals surface area contributed by atoms with Gasteiger partial charge in [-0.15, -0.1) is 0 Å². The van der Waals surface area contributed by atoms with Crippen molar-refractivity contribution in [1.82, 2.24) is 9.88 Å². The van der Waals surface area contributed by atoms with Crippen LogP contribution in [0.25, 0.3) is 0 Å². The standard InChI is InChI=1S/C15H22N2O3/c1-11(2)15-12(6-8-20-15)9-16-13(18)10-17-7-4-3-5-14(17)19/h3-5,7,11-12,15H,6,8-10H2,1-2H3,(H,16,18)/t12-,15-/m1/s1. The van der Waals surface area contributed by atoms with Gasteiger partial charge in [-0.25, -0.2) is 0 Å². The second-order valence-electron chi connectivity index (χ2n) is 5.60. The molecule has 2 rings (SSSR count). The first-order valence-electron chi connectivity index (χ1n) is 7.11. The van der Waals surface area contributed by atoms with Gasteiger partial charge in [0.2, 0.25) is 5.91 Å². The number of aromatic nitrogens is 1. The molecule has 1 saturated heterocycles. The van der Waals surface area contributed by atoms with Crippen molar-refractivity contribution in [3.05, 3.63) is 34.7 Å². The molecular formula is C15H22N2O3. The third kappa shape index (κ3) is 3.70. The summed E-state index contributed by atoms with van der Waals surface area (Å²) in [4.78, 5) is 23.4. The lowest BCUT2D eigenvalue weighted by Gasteiger charge is -2.22. The van der Waals surface area contributed by atoms with Crippen LogP contribution in [0.1, 0.15) is 20.3 Å². The summed E-state index contributed by atoms with van der Waals surface area (Å²) in [6, 6.07) is 4.86. The second-order valence-corrected chi connectivity index (χ2v) is 5.60. The molecule has 2 atom stereocenters. The molecule has 1 N–H and O–H groups in total. The first-order chi connectivity index (χ1) is 9.58. The van der Waals surface area contributed by atoms with Crippen molar-refractivity contribution in [3.8, 4) is 0 Å². The zero-order chi connectivity index (χ0) is 14.5. The maximum Gasteiger partial charge on any atom is 0.250 e. The van der Waals surface area contributed by atoms with Crippen LogP contribution in [0.2, 0.25) is 0 Å². The van der Waals surface area contributed by atoms with Gasteiger partial charge in [0.05, 0.1) is 6.10 Å². The van der Waals surface area contributed by atoms with Crippen molar-refractivity contribution in [3.63, 3.8) is 0 Å². The minimum absolute atomic E-state index is 0.0690. The first-order valence-corrected chi connectivity index (χ1v) is 7.11. The topological polar surface area (TPSA) is 60.3 Å². The van der Waals surface area contributed by atoms with Crippen LogP contribution in [0.4, 0.5) is 0 Å². The third-order valence-electron chi connectivity index (χ3n) is 3.69. The first kappa shape index (κ1) is 14.8. The minimum atomic E-state index is -0.160. The fourth-order valence-corrected chi connectivity index (χ4v) is 2.66. The highest BCUT2D eigenvalue weighted by molar-refractivity contribution is 5.75. The van der Waals surface area contributed by atoms with Crippen LogP contribution in [0.3, 0.4) is 0 Å². The van der Waals surface area contributed by atoms with E-state index >= 15 is 0 Å². The zero-order valence-corrected chi connectivity index (χ0v) is 12.0. The summed E-state index contributed by atoms with van der Waals surface area (Å²) in [5, 5.41) is 2.91. The molecule has 0 bridgehead atoms. The highest BCUT2D eigenvalue weighted by Gasteiger charge is 2.30. The van der Waals surface area contributed by atoms with Crippen LogP contribution < -0.4 is 10.9 Å². The minimum Gasteiger partial charge on any atom is -0.378 e. The molecule has 0 spiro atoms. The lowest BCUT2D eigenvalue weighted by Crippen LogP contribution is -2.37. The molecule has 1 aromatic rings. The van der Waals surface area contributed by atoms with E-state index in [1.54, 1.807) is 18.3 Å². The molecule has 1 aliphatic rings. The molecule has 1 fully saturated rings. The van der Waals surface area contributed by atoms with Crippen LogP contribution in [0.15, 0.2) is 29.2 Å². The lowest BCUT2D eigenvalue weighted by molar-refractivity contribution is -0.122. The van der Waals surface area contributed by atoms with Gasteiger partial charge in [-0.2, -0.15) is 0 Å². The Morgan fingerprint density at radius 2 is 2.30 bits per heavy atom. The van der Waals surface area contributed by atoms with Crippen molar-refractivity contribution in [2.24, 2.45) is 11.8 Å². The summed E-state index contributed by atoms with van der Waals surface area (Å²) >= 11 is 0. The summed E-state index contributed by atoms with van der Waals surface area (Å²) in [6.45, 7) is 5.72. The second kappa shape index (κ2) is 6.70. The molecule has 5 nitrogen and oxygen atoms in total. The van der Waals surface area contributed by atoms with Gasteiger partial charge in [-0.1, -0.05) is 19.9 Å². The Morgan fingerprint density at radius 3 is 3.00 bits per heavy atom. The molecule has 1 aromatic heterocycles. The maximum atomic E-state index is 11.9. The van der Waals surface area contributed by atoms with E-state index in [1.165, 1.54) is 10.6 Å². The van der Waals surface area contributed by atoms with Crippen LogP contribution >= 0.6 is 0 Å². The van der Waals surface area contributed by atoms with Crippen LogP contribution in [-0.2, 0) is 16.1 Å².